The highest BCUT2D eigenvalue weighted by Gasteiger charge is 2.22. The topological polar surface area (TPSA) is 41.1 Å². The summed E-state index contributed by atoms with van der Waals surface area (Å²) in [6, 6.07) is 6.67. The lowest BCUT2D eigenvalue weighted by molar-refractivity contribution is -0.120. The number of hydrogen-bond acceptors (Lipinski definition) is 2. The molecule has 0 unspecified atom stereocenters. The van der Waals surface area contributed by atoms with Crippen molar-refractivity contribution in [2.75, 3.05) is 6.54 Å². The van der Waals surface area contributed by atoms with Crippen molar-refractivity contribution in [3.8, 4) is 0 Å². The molecule has 1 saturated carbocycles. The molecule has 0 aliphatic heterocycles. The number of rotatable bonds is 5. The average molecular weight is 297 g/mol. The van der Waals surface area contributed by atoms with Gasteiger partial charge in [-0.1, -0.05) is 28.1 Å². The normalized spacial score (nSPS) is 14.7. The SMILES string of the molecule is Cc1ccc(CNCC(=O)NC2CC2)c(Br)c1. The van der Waals surface area contributed by atoms with E-state index in [9.17, 15) is 4.79 Å². The van der Waals surface area contributed by atoms with E-state index in [0.29, 0.717) is 19.1 Å². The third kappa shape index (κ3) is 4.13. The quantitative estimate of drug-likeness (QED) is 0.874. The number of aryl methyl sites for hydroxylation is 1. The molecule has 92 valence electrons. The van der Waals surface area contributed by atoms with Gasteiger partial charge < -0.3 is 10.6 Å². The van der Waals surface area contributed by atoms with E-state index in [0.717, 1.165) is 17.3 Å². The largest absolute Gasteiger partial charge is 0.352 e. The van der Waals surface area contributed by atoms with E-state index in [4.69, 9.17) is 0 Å². The van der Waals surface area contributed by atoms with Crippen molar-refractivity contribution in [2.24, 2.45) is 0 Å². The minimum atomic E-state index is 0.0933. The van der Waals surface area contributed by atoms with E-state index >= 15 is 0 Å². The van der Waals surface area contributed by atoms with Crippen LogP contribution in [0, 0.1) is 6.92 Å². The summed E-state index contributed by atoms with van der Waals surface area (Å²) in [5.74, 6) is 0.0933. The van der Waals surface area contributed by atoms with Crippen LogP contribution in [0.4, 0.5) is 0 Å². The van der Waals surface area contributed by atoms with Gasteiger partial charge in [-0.05, 0) is 37.0 Å². The Hall–Kier alpha value is -0.870. The van der Waals surface area contributed by atoms with Crippen molar-refractivity contribution in [2.45, 2.75) is 32.4 Å². The first-order valence-corrected chi connectivity index (χ1v) is 6.69. The highest BCUT2D eigenvalue weighted by atomic mass is 79.9. The fraction of sp³-hybridized carbons (Fsp3) is 0.462. The molecule has 0 aromatic heterocycles. The monoisotopic (exact) mass is 296 g/mol. The zero-order chi connectivity index (χ0) is 12.3. The molecule has 1 amide bonds. The molecule has 0 saturated heterocycles. The Balaban J connectivity index is 1.75. The molecule has 17 heavy (non-hydrogen) atoms. The summed E-state index contributed by atoms with van der Waals surface area (Å²) in [5, 5.41) is 6.10. The van der Waals surface area contributed by atoms with Gasteiger partial charge in [0.2, 0.25) is 5.91 Å². The summed E-state index contributed by atoms with van der Waals surface area (Å²) >= 11 is 3.52. The fourth-order valence-corrected chi connectivity index (χ4v) is 2.25. The van der Waals surface area contributed by atoms with Crippen LogP contribution in [0.25, 0.3) is 0 Å². The number of nitrogens with one attached hydrogen (secondary N) is 2. The second-order valence-corrected chi connectivity index (χ2v) is 5.39. The van der Waals surface area contributed by atoms with Crippen molar-refractivity contribution in [1.29, 1.82) is 0 Å². The van der Waals surface area contributed by atoms with Gasteiger partial charge in [0.15, 0.2) is 0 Å². The van der Waals surface area contributed by atoms with Gasteiger partial charge in [0.1, 0.15) is 0 Å². The lowest BCUT2D eigenvalue weighted by Crippen LogP contribution is -2.34. The smallest absolute Gasteiger partial charge is 0.234 e. The van der Waals surface area contributed by atoms with E-state index < -0.39 is 0 Å². The van der Waals surface area contributed by atoms with Crippen LogP contribution in [0.2, 0.25) is 0 Å². The second kappa shape index (κ2) is 5.65. The number of carbonyl (C=O) groups is 1. The Kier molecular flexibility index (Phi) is 4.18. The Morgan fingerprint density at radius 3 is 2.88 bits per heavy atom. The molecule has 2 rings (SSSR count). The predicted molar refractivity (Wildman–Crippen MR) is 71.8 cm³/mol. The molecule has 1 aliphatic carbocycles. The first-order valence-electron chi connectivity index (χ1n) is 5.90. The van der Waals surface area contributed by atoms with Crippen LogP contribution >= 0.6 is 15.9 Å². The maximum Gasteiger partial charge on any atom is 0.234 e. The van der Waals surface area contributed by atoms with Gasteiger partial charge in [0.05, 0.1) is 6.54 Å². The van der Waals surface area contributed by atoms with Crippen LogP contribution in [0.1, 0.15) is 24.0 Å². The van der Waals surface area contributed by atoms with Crippen molar-refractivity contribution in [1.82, 2.24) is 10.6 Å². The molecule has 3 nitrogen and oxygen atoms in total. The Bertz CT molecular complexity index is 416. The molecule has 4 heteroatoms. The fourth-order valence-electron chi connectivity index (χ4n) is 1.61. The molecule has 1 fully saturated rings. The number of amides is 1. The van der Waals surface area contributed by atoms with Crippen LogP contribution in [-0.2, 0) is 11.3 Å². The first kappa shape index (κ1) is 12.6. The molecular formula is C13H17BrN2O. The summed E-state index contributed by atoms with van der Waals surface area (Å²) in [6.45, 7) is 3.15. The minimum Gasteiger partial charge on any atom is -0.352 e. The van der Waals surface area contributed by atoms with Crippen LogP contribution < -0.4 is 10.6 Å². The summed E-state index contributed by atoms with van der Waals surface area (Å²) in [6.07, 6.45) is 2.27. The molecule has 1 aromatic rings. The van der Waals surface area contributed by atoms with E-state index in [1.807, 2.05) is 0 Å². The molecule has 0 bridgehead atoms. The summed E-state index contributed by atoms with van der Waals surface area (Å²) < 4.78 is 1.09. The lowest BCUT2D eigenvalue weighted by atomic mass is 10.1. The molecule has 2 N–H and O–H groups in total. The molecule has 0 spiro atoms. The zero-order valence-electron chi connectivity index (χ0n) is 9.92. The van der Waals surface area contributed by atoms with Crippen LogP contribution in [-0.4, -0.2) is 18.5 Å². The predicted octanol–water partition coefficient (Wildman–Crippen LogP) is 2.13. The van der Waals surface area contributed by atoms with Crippen molar-refractivity contribution in [3.63, 3.8) is 0 Å². The standard InChI is InChI=1S/C13H17BrN2O/c1-9-2-3-10(12(14)6-9)7-15-8-13(17)16-11-4-5-11/h2-3,6,11,15H,4-5,7-8H2,1H3,(H,16,17). The van der Waals surface area contributed by atoms with Crippen LogP contribution in [0.3, 0.4) is 0 Å². The highest BCUT2D eigenvalue weighted by Crippen LogP contribution is 2.19. The number of carbonyl (C=O) groups excluding carboxylic acids is 1. The van der Waals surface area contributed by atoms with Gasteiger partial charge in [-0.2, -0.15) is 0 Å². The van der Waals surface area contributed by atoms with Gasteiger partial charge >= 0.3 is 0 Å². The van der Waals surface area contributed by atoms with Gasteiger partial charge in [-0.25, -0.2) is 0 Å². The van der Waals surface area contributed by atoms with Gasteiger partial charge in [0, 0.05) is 17.1 Å². The molecule has 0 heterocycles. The van der Waals surface area contributed by atoms with Crippen molar-refractivity contribution in [3.05, 3.63) is 33.8 Å². The van der Waals surface area contributed by atoms with Crippen LogP contribution in [0.15, 0.2) is 22.7 Å². The molecule has 1 aromatic carbocycles. The van der Waals surface area contributed by atoms with Crippen LogP contribution in [0.5, 0.6) is 0 Å². The number of benzene rings is 1. The Morgan fingerprint density at radius 2 is 2.24 bits per heavy atom. The van der Waals surface area contributed by atoms with Gasteiger partial charge in [-0.15, -0.1) is 0 Å². The minimum absolute atomic E-state index is 0.0933. The van der Waals surface area contributed by atoms with Gasteiger partial charge in [0.25, 0.3) is 0 Å². The van der Waals surface area contributed by atoms with E-state index in [2.05, 4.69) is 51.7 Å². The molecule has 0 atom stereocenters. The van der Waals surface area contributed by atoms with Crippen molar-refractivity contribution >= 4 is 21.8 Å². The number of hydrogen-bond donors (Lipinski definition) is 2. The van der Waals surface area contributed by atoms with E-state index in [1.54, 1.807) is 0 Å². The van der Waals surface area contributed by atoms with E-state index in [-0.39, 0.29) is 5.91 Å². The highest BCUT2D eigenvalue weighted by molar-refractivity contribution is 9.10. The lowest BCUT2D eigenvalue weighted by Gasteiger charge is -2.08. The zero-order valence-corrected chi connectivity index (χ0v) is 11.5. The summed E-state index contributed by atoms with van der Waals surface area (Å²) in [4.78, 5) is 11.4. The van der Waals surface area contributed by atoms with Crippen molar-refractivity contribution < 1.29 is 4.79 Å². The van der Waals surface area contributed by atoms with Gasteiger partial charge in [-0.3, -0.25) is 4.79 Å². The number of halogens is 1. The second-order valence-electron chi connectivity index (χ2n) is 4.54. The third-order valence-corrected chi connectivity index (χ3v) is 3.49. The molecular weight excluding hydrogens is 280 g/mol. The first-order chi connectivity index (χ1) is 8.15. The maximum absolute atomic E-state index is 11.4. The third-order valence-electron chi connectivity index (χ3n) is 2.75. The average Bonchev–Trinajstić information content (AvgIpc) is 3.05. The van der Waals surface area contributed by atoms with E-state index in [1.165, 1.54) is 11.1 Å². The molecule has 1 aliphatic rings. The molecule has 0 radical (unpaired) electrons. The Labute approximate surface area is 110 Å². The Morgan fingerprint density at radius 1 is 1.47 bits per heavy atom. The maximum atomic E-state index is 11.4. The summed E-state index contributed by atoms with van der Waals surface area (Å²) in [7, 11) is 0. The summed E-state index contributed by atoms with van der Waals surface area (Å²) in [5.41, 5.74) is 2.40.